The third-order valence-corrected chi connectivity index (χ3v) is 6.83. The van der Waals surface area contributed by atoms with E-state index in [2.05, 4.69) is 49.9 Å². The summed E-state index contributed by atoms with van der Waals surface area (Å²) in [5.41, 5.74) is 2.01. The van der Waals surface area contributed by atoms with Gasteiger partial charge in [-0.15, -0.1) is 0 Å². The van der Waals surface area contributed by atoms with Crippen LogP contribution in [0.15, 0.2) is 40.8 Å². The number of nitrogens with zero attached hydrogens (tertiary/aromatic N) is 2. The maximum absolute atomic E-state index is 13.3. The Kier molecular flexibility index (Phi) is 5.65. The number of benzene rings is 1. The average molecular weight is 423 g/mol. The van der Waals surface area contributed by atoms with Crippen LogP contribution in [0, 0.1) is 5.92 Å². The number of amides is 1. The molecule has 5 nitrogen and oxygen atoms in total. The Morgan fingerprint density at radius 3 is 2.32 bits per heavy atom. The van der Waals surface area contributed by atoms with Crippen molar-refractivity contribution in [2.45, 2.75) is 77.3 Å². The highest BCUT2D eigenvalue weighted by molar-refractivity contribution is 5.94. The van der Waals surface area contributed by atoms with Gasteiger partial charge in [-0.05, 0) is 68.9 Å². The fourth-order valence-corrected chi connectivity index (χ4v) is 4.91. The fourth-order valence-electron chi connectivity index (χ4n) is 4.91. The van der Waals surface area contributed by atoms with Crippen LogP contribution in [0.25, 0.3) is 0 Å². The highest BCUT2D eigenvalue weighted by Crippen LogP contribution is 2.47. The molecule has 4 atom stereocenters. The number of carbonyl (C=O) groups is 1. The number of rotatable bonds is 7. The first-order valence-electron chi connectivity index (χ1n) is 11.8. The lowest BCUT2D eigenvalue weighted by Gasteiger charge is -2.35. The van der Waals surface area contributed by atoms with E-state index in [0.29, 0.717) is 18.5 Å². The van der Waals surface area contributed by atoms with Crippen molar-refractivity contribution < 1.29 is 13.9 Å². The van der Waals surface area contributed by atoms with Gasteiger partial charge in [0.15, 0.2) is 0 Å². The van der Waals surface area contributed by atoms with Gasteiger partial charge in [0, 0.05) is 37.2 Å². The molecule has 5 heteroatoms. The van der Waals surface area contributed by atoms with Crippen LogP contribution in [-0.4, -0.2) is 47.0 Å². The van der Waals surface area contributed by atoms with E-state index < -0.39 is 0 Å². The molecule has 166 valence electrons. The van der Waals surface area contributed by atoms with Crippen molar-refractivity contribution >= 4 is 5.91 Å². The minimum Gasteiger partial charge on any atom is -0.464 e. The molecule has 2 heterocycles. The Hall–Kier alpha value is -2.11. The molecule has 2 aromatic rings. The van der Waals surface area contributed by atoms with E-state index in [-0.39, 0.29) is 18.1 Å². The first-order valence-corrected chi connectivity index (χ1v) is 11.8. The van der Waals surface area contributed by atoms with Crippen molar-refractivity contribution in [3.8, 4) is 0 Å². The Bertz CT molecular complexity index is 907. The van der Waals surface area contributed by atoms with Crippen LogP contribution >= 0.6 is 0 Å². The quantitative estimate of drug-likeness (QED) is 0.642. The number of hydrogen-bond acceptors (Lipinski definition) is 4. The number of furan rings is 1. The van der Waals surface area contributed by atoms with E-state index in [1.807, 2.05) is 17.0 Å². The van der Waals surface area contributed by atoms with Gasteiger partial charge in [-0.25, -0.2) is 0 Å². The lowest BCUT2D eigenvalue weighted by molar-refractivity contribution is -0.0704. The number of morpholine rings is 1. The molecule has 3 aliphatic rings. The van der Waals surface area contributed by atoms with E-state index in [1.165, 1.54) is 12.0 Å². The van der Waals surface area contributed by atoms with E-state index in [0.717, 1.165) is 55.5 Å². The maximum Gasteiger partial charge on any atom is 0.254 e. The minimum absolute atomic E-state index is 0.111. The Labute approximate surface area is 185 Å². The summed E-state index contributed by atoms with van der Waals surface area (Å²) in [6, 6.07) is 12.7. The number of hydrogen-bond donors (Lipinski definition) is 0. The maximum atomic E-state index is 13.3. The molecule has 5 rings (SSSR count). The highest BCUT2D eigenvalue weighted by atomic mass is 16.5. The Morgan fingerprint density at radius 2 is 1.71 bits per heavy atom. The normalized spacial score (nSPS) is 28.5. The van der Waals surface area contributed by atoms with Gasteiger partial charge in [0.25, 0.3) is 5.91 Å². The second-order valence-electron chi connectivity index (χ2n) is 9.94. The van der Waals surface area contributed by atoms with Crippen LogP contribution in [0.5, 0.6) is 0 Å². The summed E-state index contributed by atoms with van der Waals surface area (Å²) in [7, 11) is 0. The Morgan fingerprint density at radius 1 is 1.03 bits per heavy atom. The van der Waals surface area contributed by atoms with Crippen LogP contribution in [0.1, 0.15) is 73.4 Å². The molecule has 1 aromatic heterocycles. The van der Waals surface area contributed by atoms with E-state index in [1.54, 1.807) is 0 Å². The summed E-state index contributed by atoms with van der Waals surface area (Å²) >= 11 is 0. The first kappa shape index (κ1) is 20.8. The molecule has 2 aliphatic carbocycles. The molecule has 1 aromatic carbocycles. The predicted molar refractivity (Wildman–Crippen MR) is 120 cm³/mol. The third kappa shape index (κ3) is 4.88. The Balaban J connectivity index is 1.23. The smallest absolute Gasteiger partial charge is 0.254 e. The topological polar surface area (TPSA) is 45.9 Å². The van der Waals surface area contributed by atoms with Crippen molar-refractivity contribution in [3.63, 3.8) is 0 Å². The van der Waals surface area contributed by atoms with Crippen molar-refractivity contribution in [1.29, 1.82) is 0 Å². The summed E-state index contributed by atoms with van der Waals surface area (Å²) in [5, 5.41) is 0. The molecule has 0 spiro atoms. The van der Waals surface area contributed by atoms with Crippen molar-refractivity contribution in [1.82, 2.24) is 9.80 Å². The number of ether oxygens (including phenoxy) is 1. The molecule has 0 radical (unpaired) electrons. The molecule has 2 saturated carbocycles. The predicted octanol–water partition coefficient (Wildman–Crippen LogP) is 4.82. The average Bonchev–Trinajstić information content (AvgIpc) is 3.65. The minimum atomic E-state index is 0.111. The monoisotopic (exact) mass is 422 g/mol. The van der Waals surface area contributed by atoms with Crippen molar-refractivity contribution in [3.05, 3.63) is 59.0 Å². The fraction of sp³-hybridized carbons (Fsp3) is 0.577. The zero-order valence-corrected chi connectivity index (χ0v) is 18.9. The molecular weight excluding hydrogens is 388 g/mol. The SMILES string of the molecule is CC1CN(Cc2ccc(C(=O)N(Cc3ccc(C4CC4C)o3)C3CC3)cc2)CC(C)O1. The summed E-state index contributed by atoms with van der Waals surface area (Å²) < 4.78 is 11.9. The lowest BCUT2D eigenvalue weighted by atomic mass is 10.1. The van der Waals surface area contributed by atoms with Gasteiger partial charge in [-0.2, -0.15) is 0 Å². The molecule has 4 unspecified atom stereocenters. The van der Waals surface area contributed by atoms with Crippen LogP contribution in [0.2, 0.25) is 0 Å². The van der Waals surface area contributed by atoms with E-state index in [9.17, 15) is 4.79 Å². The van der Waals surface area contributed by atoms with Crippen LogP contribution in [0.3, 0.4) is 0 Å². The molecule has 31 heavy (non-hydrogen) atoms. The zero-order chi connectivity index (χ0) is 21.5. The van der Waals surface area contributed by atoms with Crippen molar-refractivity contribution in [2.24, 2.45) is 5.92 Å². The van der Waals surface area contributed by atoms with Gasteiger partial charge in [0.2, 0.25) is 0 Å². The molecule has 3 fully saturated rings. The summed E-state index contributed by atoms with van der Waals surface area (Å²) in [4.78, 5) is 17.7. The standard InChI is InChI=1S/C26H34N2O3/c1-17-12-24(17)25-11-10-23(31-25)16-28(22-8-9-22)26(29)21-6-4-20(5-7-21)15-27-13-18(2)30-19(3)14-27/h4-7,10-11,17-19,22,24H,8-9,12-16H2,1-3H3. The van der Waals surface area contributed by atoms with Gasteiger partial charge >= 0.3 is 0 Å². The highest BCUT2D eigenvalue weighted by Gasteiger charge is 2.37. The lowest BCUT2D eigenvalue weighted by Crippen LogP contribution is -2.44. The van der Waals surface area contributed by atoms with Crippen LogP contribution in [-0.2, 0) is 17.8 Å². The molecule has 1 saturated heterocycles. The van der Waals surface area contributed by atoms with Crippen LogP contribution in [0.4, 0.5) is 0 Å². The van der Waals surface area contributed by atoms with Crippen LogP contribution < -0.4 is 0 Å². The van der Waals surface area contributed by atoms with Gasteiger partial charge in [0.1, 0.15) is 11.5 Å². The largest absolute Gasteiger partial charge is 0.464 e. The number of carbonyl (C=O) groups excluding carboxylic acids is 1. The first-order chi connectivity index (χ1) is 15.0. The van der Waals surface area contributed by atoms with E-state index in [4.69, 9.17) is 9.15 Å². The summed E-state index contributed by atoms with van der Waals surface area (Å²) in [6.07, 6.45) is 3.92. The van der Waals surface area contributed by atoms with Crippen molar-refractivity contribution in [2.75, 3.05) is 13.1 Å². The van der Waals surface area contributed by atoms with Gasteiger partial charge < -0.3 is 14.1 Å². The molecular formula is C26H34N2O3. The summed E-state index contributed by atoms with van der Waals surface area (Å²) in [6.45, 7) is 9.88. The third-order valence-electron chi connectivity index (χ3n) is 6.83. The molecule has 0 N–H and O–H groups in total. The van der Waals surface area contributed by atoms with E-state index >= 15 is 0 Å². The van der Waals surface area contributed by atoms with Gasteiger partial charge in [-0.1, -0.05) is 19.1 Å². The second-order valence-corrected chi connectivity index (χ2v) is 9.94. The zero-order valence-electron chi connectivity index (χ0n) is 18.9. The molecule has 1 amide bonds. The second kappa shape index (κ2) is 8.44. The summed E-state index contributed by atoms with van der Waals surface area (Å²) in [5.74, 6) is 3.40. The van der Waals surface area contributed by atoms with Gasteiger partial charge in [-0.3, -0.25) is 9.69 Å². The molecule has 0 bridgehead atoms. The van der Waals surface area contributed by atoms with Gasteiger partial charge in [0.05, 0.1) is 18.8 Å². The molecule has 1 aliphatic heterocycles.